The fourth-order valence-electron chi connectivity index (χ4n) is 3.90. The largest absolute Gasteiger partial charge is 0.478 e. The van der Waals surface area contributed by atoms with Gasteiger partial charge in [-0.3, -0.25) is 4.79 Å². The Balaban J connectivity index is 1.66. The van der Waals surface area contributed by atoms with Crippen molar-refractivity contribution in [3.8, 4) is 0 Å². The molecule has 0 aromatic heterocycles. The highest BCUT2D eigenvalue weighted by molar-refractivity contribution is 5.92. The van der Waals surface area contributed by atoms with Crippen LogP contribution in [-0.2, 0) is 4.79 Å². The van der Waals surface area contributed by atoms with Gasteiger partial charge in [-0.15, -0.1) is 0 Å². The molecule has 3 rings (SSSR count). The zero-order valence-electron chi connectivity index (χ0n) is 17.4. The molecule has 1 amide bonds. The Hall–Kier alpha value is -2.88. The third kappa shape index (κ3) is 5.14. The quantitative estimate of drug-likeness (QED) is 0.710. The molecule has 2 aromatic carbocycles. The molecule has 1 atom stereocenters. The minimum Gasteiger partial charge on any atom is -0.478 e. The fraction of sp³-hybridized carbons (Fsp3) is 0.360. The van der Waals surface area contributed by atoms with Crippen LogP contribution in [0.5, 0.6) is 0 Å². The number of carbonyl (C=O) groups excluding carboxylic acids is 1. The van der Waals surface area contributed by atoms with Crippen molar-refractivity contribution < 1.29 is 14.7 Å². The molecule has 1 aliphatic rings. The topological polar surface area (TPSA) is 57.6 Å². The van der Waals surface area contributed by atoms with Crippen molar-refractivity contribution in [3.05, 3.63) is 76.4 Å². The van der Waals surface area contributed by atoms with E-state index in [1.165, 1.54) is 5.56 Å². The van der Waals surface area contributed by atoms with Crippen LogP contribution in [0.3, 0.4) is 0 Å². The molecule has 0 aliphatic carbocycles. The normalized spacial score (nSPS) is 17.1. The number of benzene rings is 2. The van der Waals surface area contributed by atoms with Gasteiger partial charge < -0.3 is 10.0 Å². The SMILES string of the molecule is Cc1cc(C2CCCN(C(=O)/C=C/c3ccc(C(C)C)cc3)C2)ccc1C(=O)O. The van der Waals surface area contributed by atoms with Crippen LogP contribution < -0.4 is 0 Å². The molecule has 152 valence electrons. The Kier molecular flexibility index (Phi) is 6.53. The van der Waals surface area contributed by atoms with E-state index in [4.69, 9.17) is 0 Å². The summed E-state index contributed by atoms with van der Waals surface area (Å²) in [4.78, 5) is 25.8. The number of likely N-dealkylation sites (tertiary alicyclic amines) is 1. The standard InChI is InChI=1S/C25H29NO3/c1-17(2)20-9-6-19(7-10-20)8-13-24(27)26-14-4-5-22(16-26)21-11-12-23(25(28)29)18(3)15-21/h6-13,15,17,22H,4-5,14,16H2,1-3H3,(H,28,29)/b13-8+. The lowest BCUT2D eigenvalue weighted by atomic mass is 9.88. The predicted octanol–water partition coefficient (Wildman–Crippen LogP) is 5.24. The van der Waals surface area contributed by atoms with E-state index in [1.807, 2.05) is 42.2 Å². The Morgan fingerprint density at radius 1 is 1.14 bits per heavy atom. The molecule has 1 unspecified atom stereocenters. The van der Waals surface area contributed by atoms with Gasteiger partial charge in [0.1, 0.15) is 0 Å². The third-order valence-corrected chi connectivity index (χ3v) is 5.71. The number of hydrogen-bond acceptors (Lipinski definition) is 2. The summed E-state index contributed by atoms with van der Waals surface area (Å²) in [5.41, 5.74) is 4.53. The van der Waals surface area contributed by atoms with Gasteiger partial charge in [0.25, 0.3) is 0 Å². The van der Waals surface area contributed by atoms with Crippen LogP contribution in [0.4, 0.5) is 0 Å². The Morgan fingerprint density at radius 2 is 1.86 bits per heavy atom. The summed E-state index contributed by atoms with van der Waals surface area (Å²) in [6, 6.07) is 13.8. The van der Waals surface area contributed by atoms with Crippen LogP contribution in [0.1, 0.15) is 71.1 Å². The first-order valence-electron chi connectivity index (χ1n) is 10.3. The zero-order chi connectivity index (χ0) is 21.0. The summed E-state index contributed by atoms with van der Waals surface area (Å²) >= 11 is 0. The molecule has 1 heterocycles. The van der Waals surface area contributed by atoms with Crippen LogP contribution in [0.15, 0.2) is 48.5 Å². The van der Waals surface area contributed by atoms with Gasteiger partial charge >= 0.3 is 5.97 Å². The molecule has 2 aromatic rings. The van der Waals surface area contributed by atoms with E-state index in [1.54, 1.807) is 12.1 Å². The molecule has 4 heteroatoms. The zero-order valence-corrected chi connectivity index (χ0v) is 17.4. The van der Waals surface area contributed by atoms with Crippen molar-refractivity contribution in [2.24, 2.45) is 0 Å². The molecular formula is C25H29NO3. The van der Waals surface area contributed by atoms with Gasteiger partial charge in [-0.25, -0.2) is 4.79 Å². The Bertz CT molecular complexity index is 912. The Morgan fingerprint density at radius 3 is 2.48 bits per heavy atom. The van der Waals surface area contributed by atoms with Gasteiger partial charge in [-0.2, -0.15) is 0 Å². The number of carboxylic acids is 1. The number of nitrogens with zero attached hydrogens (tertiary/aromatic N) is 1. The van der Waals surface area contributed by atoms with Gasteiger partial charge in [-0.1, -0.05) is 50.2 Å². The van der Waals surface area contributed by atoms with Gasteiger partial charge in [0.2, 0.25) is 5.91 Å². The van der Waals surface area contributed by atoms with Crippen molar-refractivity contribution >= 4 is 18.0 Å². The lowest BCUT2D eigenvalue weighted by Gasteiger charge is -2.32. The molecule has 0 bridgehead atoms. The fourth-order valence-corrected chi connectivity index (χ4v) is 3.90. The minimum atomic E-state index is -0.902. The second-order valence-corrected chi connectivity index (χ2v) is 8.16. The number of aryl methyl sites for hydroxylation is 1. The Labute approximate surface area is 172 Å². The van der Waals surface area contributed by atoms with Crippen LogP contribution in [-0.4, -0.2) is 35.0 Å². The first kappa shape index (κ1) is 20.8. The second-order valence-electron chi connectivity index (χ2n) is 8.16. The summed E-state index contributed by atoms with van der Waals surface area (Å²) < 4.78 is 0. The van der Waals surface area contributed by atoms with Crippen molar-refractivity contribution in [3.63, 3.8) is 0 Å². The highest BCUT2D eigenvalue weighted by Crippen LogP contribution is 2.28. The summed E-state index contributed by atoms with van der Waals surface area (Å²) in [6.45, 7) is 7.58. The predicted molar refractivity (Wildman–Crippen MR) is 116 cm³/mol. The minimum absolute atomic E-state index is 0.0292. The van der Waals surface area contributed by atoms with E-state index in [0.717, 1.165) is 36.1 Å². The maximum Gasteiger partial charge on any atom is 0.335 e. The van der Waals surface area contributed by atoms with E-state index in [0.29, 0.717) is 18.0 Å². The smallest absolute Gasteiger partial charge is 0.335 e. The summed E-state index contributed by atoms with van der Waals surface area (Å²) in [6.07, 6.45) is 5.50. The molecule has 0 spiro atoms. The van der Waals surface area contributed by atoms with Crippen molar-refractivity contribution in [2.75, 3.05) is 13.1 Å². The molecule has 1 N–H and O–H groups in total. The lowest BCUT2D eigenvalue weighted by molar-refractivity contribution is -0.127. The number of rotatable bonds is 5. The van der Waals surface area contributed by atoms with E-state index in [-0.39, 0.29) is 11.8 Å². The average Bonchev–Trinajstić information content (AvgIpc) is 2.72. The van der Waals surface area contributed by atoms with E-state index < -0.39 is 5.97 Å². The maximum atomic E-state index is 12.7. The van der Waals surface area contributed by atoms with Gasteiger partial charge in [-0.05, 0) is 60.1 Å². The molecule has 29 heavy (non-hydrogen) atoms. The summed E-state index contributed by atoms with van der Waals surface area (Å²) in [5, 5.41) is 9.22. The summed E-state index contributed by atoms with van der Waals surface area (Å²) in [5.74, 6) is -0.135. The van der Waals surface area contributed by atoms with Crippen LogP contribution in [0.2, 0.25) is 0 Å². The first-order valence-corrected chi connectivity index (χ1v) is 10.3. The molecule has 4 nitrogen and oxygen atoms in total. The average molecular weight is 392 g/mol. The maximum absolute atomic E-state index is 12.7. The third-order valence-electron chi connectivity index (χ3n) is 5.71. The number of hydrogen-bond donors (Lipinski definition) is 1. The molecule has 1 saturated heterocycles. The van der Waals surface area contributed by atoms with Gasteiger partial charge in [0.05, 0.1) is 5.56 Å². The van der Waals surface area contributed by atoms with Gasteiger partial charge in [0, 0.05) is 25.1 Å². The van der Waals surface area contributed by atoms with Crippen LogP contribution >= 0.6 is 0 Å². The van der Waals surface area contributed by atoms with Crippen molar-refractivity contribution in [1.82, 2.24) is 4.90 Å². The monoisotopic (exact) mass is 391 g/mol. The second kappa shape index (κ2) is 9.08. The first-order chi connectivity index (χ1) is 13.8. The highest BCUT2D eigenvalue weighted by atomic mass is 16.4. The van der Waals surface area contributed by atoms with Gasteiger partial charge in [0.15, 0.2) is 0 Å². The van der Waals surface area contributed by atoms with Crippen molar-refractivity contribution in [1.29, 1.82) is 0 Å². The molecule has 1 aliphatic heterocycles. The lowest BCUT2D eigenvalue weighted by Crippen LogP contribution is -2.38. The number of piperidine rings is 1. The molecule has 0 radical (unpaired) electrons. The molecule has 1 fully saturated rings. The summed E-state index contributed by atoms with van der Waals surface area (Å²) in [7, 11) is 0. The molecule has 0 saturated carbocycles. The number of carbonyl (C=O) groups is 2. The number of carboxylic acid groups (broad SMARTS) is 1. The van der Waals surface area contributed by atoms with Crippen LogP contribution in [0, 0.1) is 6.92 Å². The van der Waals surface area contributed by atoms with Crippen LogP contribution in [0.25, 0.3) is 6.08 Å². The highest BCUT2D eigenvalue weighted by Gasteiger charge is 2.24. The molecular weight excluding hydrogens is 362 g/mol. The van der Waals surface area contributed by atoms with E-state index in [9.17, 15) is 14.7 Å². The van der Waals surface area contributed by atoms with E-state index in [2.05, 4.69) is 26.0 Å². The van der Waals surface area contributed by atoms with Crippen molar-refractivity contribution in [2.45, 2.75) is 45.4 Å². The van der Waals surface area contributed by atoms with E-state index >= 15 is 0 Å². The number of amides is 1. The number of aromatic carboxylic acids is 1.